The summed E-state index contributed by atoms with van der Waals surface area (Å²) in [7, 11) is 0. The molecule has 1 aliphatic carbocycles. The number of carbonyl (C=O) groups excluding carboxylic acids is 1. The number of fused-ring (bicyclic) bond motifs is 2. The van der Waals surface area contributed by atoms with Crippen molar-refractivity contribution < 1.29 is 23.7 Å². The summed E-state index contributed by atoms with van der Waals surface area (Å²) in [6.45, 7) is 12.6. The normalized spacial score (nSPS) is 14.5. The molecule has 0 radical (unpaired) electrons. The van der Waals surface area contributed by atoms with Crippen LogP contribution in [0.25, 0.3) is 17.0 Å². The first-order chi connectivity index (χ1) is 17.5. The van der Waals surface area contributed by atoms with E-state index in [1.54, 1.807) is 6.20 Å². The van der Waals surface area contributed by atoms with Crippen LogP contribution in [0.5, 0.6) is 0 Å². The number of hydrogen-bond acceptors (Lipinski definition) is 5. The zero-order valence-electron chi connectivity index (χ0n) is 22.1. The van der Waals surface area contributed by atoms with E-state index >= 15 is 0 Å². The van der Waals surface area contributed by atoms with Crippen molar-refractivity contribution in [3.8, 4) is 11.4 Å². The number of pyridine rings is 3. The van der Waals surface area contributed by atoms with E-state index in [-0.39, 0.29) is 30.7 Å². The Kier molecular flexibility index (Phi) is 10.5. The van der Waals surface area contributed by atoms with Crippen molar-refractivity contribution in [2.24, 2.45) is 5.92 Å². The van der Waals surface area contributed by atoms with E-state index in [1.165, 1.54) is 0 Å². The Balaban J connectivity index is 0.000000581. The van der Waals surface area contributed by atoms with Crippen LogP contribution in [0.15, 0.2) is 48.9 Å². The fourth-order valence-corrected chi connectivity index (χ4v) is 4.42. The van der Waals surface area contributed by atoms with Gasteiger partial charge in [0.1, 0.15) is 5.65 Å². The van der Waals surface area contributed by atoms with Crippen LogP contribution in [0.3, 0.4) is 0 Å². The maximum atomic E-state index is 13.0. The van der Waals surface area contributed by atoms with Gasteiger partial charge in [-0.2, -0.15) is 6.07 Å². The average molecular weight is 489 g/mol. The van der Waals surface area contributed by atoms with Gasteiger partial charge in [0.05, 0.1) is 11.4 Å². The zero-order chi connectivity index (χ0) is 25.5. The van der Waals surface area contributed by atoms with Crippen LogP contribution in [0.1, 0.15) is 35.4 Å². The number of hydrogen-bond donors (Lipinski definition) is 2. The molecular formula is C29H33LiN6O-2. The number of rotatable bonds is 5. The molecule has 4 heterocycles. The first-order valence-corrected chi connectivity index (χ1v) is 12.4. The molecule has 1 unspecified atom stereocenters. The molecule has 7 nitrogen and oxygen atoms in total. The van der Waals surface area contributed by atoms with Crippen LogP contribution < -0.4 is 29.5 Å². The molecule has 4 aromatic heterocycles. The maximum absolute atomic E-state index is 13.0. The summed E-state index contributed by atoms with van der Waals surface area (Å²) in [4.78, 5) is 26.8. The second kappa shape index (κ2) is 13.5. The van der Waals surface area contributed by atoms with E-state index in [1.807, 2.05) is 61.0 Å². The fraction of sp³-hybridized carbons (Fsp3) is 0.310. The maximum Gasteiger partial charge on any atom is 1.00 e. The fourth-order valence-electron chi connectivity index (χ4n) is 4.42. The monoisotopic (exact) mass is 488 g/mol. The molecule has 0 aliphatic heterocycles. The van der Waals surface area contributed by atoms with E-state index in [0.29, 0.717) is 0 Å². The molecule has 0 spiro atoms. The van der Waals surface area contributed by atoms with E-state index in [4.69, 9.17) is 4.98 Å². The van der Waals surface area contributed by atoms with Crippen molar-refractivity contribution >= 4 is 17.2 Å². The summed E-state index contributed by atoms with van der Waals surface area (Å²) in [5, 5.41) is 6.01. The number of nitrogens with zero attached hydrogens (tertiary/aromatic N) is 4. The Morgan fingerprint density at radius 3 is 2.59 bits per heavy atom. The van der Waals surface area contributed by atoms with Crippen LogP contribution in [0.4, 0.5) is 5.69 Å². The zero-order valence-corrected chi connectivity index (χ0v) is 22.1. The number of carbonyl (C=O) groups is 1. The molecule has 188 valence electrons. The van der Waals surface area contributed by atoms with Gasteiger partial charge in [-0.3, -0.25) is 9.78 Å². The standard InChI is InChI=1S/C25H24N5O.C4H9N.Li/c1-16-13-20(15-30-14-17(2)27-24(16)30)28-25(31)19-7-6-18-8-11-23(29-21(18)10-9-19)22-5-3-4-12-26-22;1-3-5-4-2;/h3-5,11-15,19H,6-7,9-10H2,1-2H3,(H,28,31);5H,1-4H2;/q-1;-2;+1. The second-order valence-corrected chi connectivity index (χ2v) is 8.96. The number of imidazole rings is 1. The molecule has 2 N–H and O–H groups in total. The van der Waals surface area contributed by atoms with Gasteiger partial charge in [-0.25, -0.2) is 4.98 Å². The smallest absolute Gasteiger partial charge is 0.378 e. The molecule has 0 fully saturated rings. The van der Waals surface area contributed by atoms with Gasteiger partial charge in [0.25, 0.3) is 0 Å². The van der Waals surface area contributed by atoms with Gasteiger partial charge in [-0.05, 0) is 62.6 Å². The minimum atomic E-state index is -0.0542. The third-order valence-corrected chi connectivity index (χ3v) is 6.23. The summed E-state index contributed by atoms with van der Waals surface area (Å²) in [6.07, 6.45) is 8.82. The molecule has 5 rings (SSSR count). The minimum absolute atomic E-state index is 0. The quantitative estimate of drug-likeness (QED) is 0.253. The SMILES string of the molecule is Cc1cn2cc(NC(=O)C3CCc4[c-]cc(-c5ccccn5)nc4CC3)cc(C)c2n1.[CH2-]CNC[CH2-].[Li+]. The number of anilines is 1. The number of amides is 1. The van der Waals surface area contributed by atoms with Crippen molar-refractivity contribution in [1.82, 2.24) is 24.7 Å². The molecule has 0 saturated heterocycles. The molecule has 8 heteroatoms. The summed E-state index contributed by atoms with van der Waals surface area (Å²) >= 11 is 0. The molecule has 0 bridgehead atoms. The Morgan fingerprint density at radius 2 is 1.89 bits per heavy atom. The third-order valence-electron chi connectivity index (χ3n) is 6.23. The van der Waals surface area contributed by atoms with Crippen LogP contribution in [-0.2, 0) is 17.6 Å². The molecule has 37 heavy (non-hydrogen) atoms. The van der Waals surface area contributed by atoms with Crippen molar-refractivity contribution in [3.05, 3.63) is 91.4 Å². The van der Waals surface area contributed by atoms with Gasteiger partial charge in [0, 0.05) is 30.2 Å². The average Bonchev–Trinajstić information content (AvgIpc) is 3.13. The Bertz CT molecular complexity index is 1320. The third kappa shape index (κ3) is 7.29. The summed E-state index contributed by atoms with van der Waals surface area (Å²) in [6, 6.07) is 13.1. The summed E-state index contributed by atoms with van der Waals surface area (Å²) in [5.74, 6) is 0.00905. The first kappa shape index (κ1) is 28.6. The largest absolute Gasteiger partial charge is 1.00 e. The van der Waals surface area contributed by atoms with Gasteiger partial charge in [0.2, 0.25) is 5.91 Å². The van der Waals surface area contributed by atoms with E-state index < -0.39 is 0 Å². The molecule has 4 aromatic rings. The molecule has 0 aromatic carbocycles. The number of nitrogens with one attached hydrogen (secondary N) is 2. The second-order valence-electron chi connectivity index (χ2n) is 8.96. The Morgan fingerprint density at radius 1 is 1.11 bits per heavy atom. The van der Waals surface area contributed by atoms with Crippen molar-refractivity contribution in [1.29, 1.82) is 0 Å². The predicted octanol–water partition coefficient (Wildman–Crippen LogP) is 1.59. The van der Waals surface area contributed by atoms with Crippen LogP contribution in [-0.4, -0.2) is 38.3 Å². The van der Waals surface area contributed by atoms with Gasteiger partial charge in [-0.15, -0.1) is 24.7 Å². The van der Waals surface area contributed by atoms with Gasteiger partial charge < -0.3 is 33.9 Å². The van der Waals surface area contributed by atoms with Gasteiger partial charge >= 0.3 is 18.9 Å². The van der Waals surface area contributed by atoms with E-state index in [2.05, 4.69) is 40.5 Å². The topological polar surface area (TPSA) is 84.2 Å². The Labute approximate surface area is 231 Å². The molecule has 1 aliphatic rings. The minimum Gasteiger partial charge on any atom is -0.378 e. The molecular weight excluding hydrogens is 455 g/mol. The van der Waals surface area contributed by atoms with Crippen molar-refractivity contribution in [2.45, 2.75) is 39.5 Å². The first-order valence-electron chi connectivity index (χ1n) is 12.4. The summed E-state index contributed by atoms with van der Waals surface area (Å²) in [5.41, 5.74) is 7.55. The number of aromatic nitrogens is 4. The molecule has 1 atom stereocenters. The van der Waals surface area contributed by atoms with Gasteiger partial charge in [0.15, 0.2) is 0 Å². The molecule has 1 amide bonds. The van der Waals surface area contributed by atoms with Crippen LogP contribution in [0.2, 0.25) is 0 Å². The number of aryl methyl sites for hydroxylation is 4. The van der Waals surface area contributed by atoms with E-state index in [0.717, 1.165) is 84.0 Å². The van der Waals surface area contributed by atoms with Crippen molar-refractivity contribution in [2.75, 3.05) is 18.4 Å². The van der Waals surface area contributed by atoms with Crippen LogP contribution in [0, 0.1) is 39.7 Å². The van der Waals surface area contributed by atoms with E-state index in [9.17, 15) is 4.79 Å². The summed E-state index contributed by atoms with van der Waals surface area (Å²) < 4.78 is 1.97. The molecule has 0 saturated carbocycles. The van der Waals surface area contributed by atoms with Gasteiger partial charge in [-0.1, -0.05) is 18.2 Å². The predicted molar refractivity (Wildman–Crippen MR) is 143 cm³/mol. The van der Waals surface area contributed by atoms with Crippen LogP contribution >= 0.6 is 0 Å². The van der Waals surface area contributed by atoms with Crippen molar-refractivity contribution in [3.63, 3.8) is 0 Å². The Hall–Kier alpha value is -2.98.